The molecule has 0 bridgehead atoms. The van der Waals surface area contributed by atoms with Crippen molar-refractivity contribution >= 4 is 17.7 Å². The topological polar surface area (TPSA) is 90.9 Å². The number of ether oxygens (including phenoxy) is 3. The zero-order valence-electron chi connectivity index (χ0n) is 16.8. The van der Waals surface area contributed by atoms with Gasteiger partial charge in [-0.1, -0.05) is 25.7 Å². The van der Waals surface area contributed by atoms with Crippen LogP contribution in [0.2, 0.25) is 0 Å². The van der Waals surface area contributed by atoms with Gasteiger partial charge in [-0.15, -0.1) is 0 Å². The lowest BCUT2D eigenvalue weighted by Crippen LogP contribution is -2.42. The molecule has 0 unspecified atom stereocenters. The van der Waals surface area contributed by atoms with Crippen molar-refractivity contribution in [2.45, 2.75) is 64.5 Å². The van der Waals surface area contributed by atoms with Gasteiger partial charge in [-0.3, -0.25) is 9.59 Å². The molecule has 154 valence electrons. The summed E-state index contributed by atoms with van der Waals surface area (Å²) in [5.41, 5.74) is 0.482. The van der Waals surface area contributed by atoms with Crippen LogP contribution in [0.15, 0.2) is 18.2 Å². The first-order valence-electron chi connectivity index (χ1n) is 9.72. The molecule has 0 saturated heterocycles. The Morgan fingerprint density at radius 2 is 1.79 bits per heavy atom. The number of ketones is 1. The number of benzene rings is 1. The molecule has 0 spiro atoms. The van der Waals surface area contributed by atoms with Gasteiger partial charge < -0.3 is 19.5 Å². The molecule has 1 N–H and O–H groups in total. The maximum atomic E-state index is 12.3. The van der Waals surface area contributed by atoms with Crippen LogP contribution in [0.25, 0.3) is 0 Å². The number of rotatable bonds is 8. The lowest BCUT2D eigenvalue weighted by atomic mass is 10.1. The Kier molecular flexibility index (Phi) is 8.29. The van der Waals surface area contributed by atoms with Crippen LogP contribution < -0.4 is 14.8 Å². The molecule has 1 amide bonds. The number of carbonyl (C=O) groups excluding carboxylic acids is 3. The fourth-order valence-corrected chi connectivity index (χ4v) is 3.17. The third-order valence-electron chi connectivity index (χ3n) is 4.79. The molecule has 1 aliphatic rings. The zero-order valence-corrected chi connectivity index (χ0v) is 16.8. The van der Waals surface area contributed by atoms with Crippen LogP contribution in [0.4, 0.5) is 0 Å². The highest BCUT2D eigenvalue weighted by atomic mass is 16.6. The Hall–Kier alpha value is -2.57. The molecule has 1 aliphatic carbocycles. The fraction of sp³-hybridized carbons (Fsp3) is 0.571. The van der Waals surface area contributed by atoms with Gasteiger partial charge in [0.2, 0.25) is 0 Å². The van der Waals surface area contributed by atoms with Crippen LogP contribution >= 0.6 is 0 Å². The summed E-state index contributed by atoms with van der Waals surface area (Å²) < 4.78 is 15.8. The standard InChI is InChI=1S/C21H29NO6/c1-14(23)16-10-11-18(19(12-16)26-3)27-13-20(24)28-15(2)21(25)22-17-8-6-4-5-7-9-17/h10-12,15,17H,4-9,13H2,1-3H3,(H,22,25)/t15-/m0/s1. The van der Waals surface area contributed by atoms with E-state index in [2.05, 4.69) is 5.32 Å². The van der Waals surface area contributed by atoms with Crippen molar-refractivity contribution in [2.24, 2.45) is 0 Å². The number of hydrogen-bond donors (Lipinski definition) is 1. The molecule has 2 rings (SSSR count). The van der Waals surface area contributed by atoms with Crippen molar-refractivity contribution in [3.63, 3.8) is 0 Å². The van der Waals surface area contributed by atoms with Gasteiger partial charge in [0.15, 0.2) is 30.0 Å². The van der Waals surface area contributed by atoms with Gasteiger partial charge >= 0.3 is 5.97 Å². The number of nitrogens with one attached hydrogen (secondary N) is 1. The van der Waals surface area contributed by atoms with E-state index in [4.69, 9.17) is 14.2 Å². The first-order valence-corrected chi connectivity index (χ1v) is 9.72. The number of hydrogen-bond acceptors (Lipinski definition) is 6. The van der Waals surface area contributed by atoms with Crippen molar-refractivity contribution < 1.29 is 28.6 Å². The van der Waals surface area contributed by atoms with Gasteiger partial charge in [-0.2, -0.15) is 0 Å². The van der Waals surface area contributed by atoms with E-state index < -0.39 is 12.1 Å². The number of esters is 1. The molecule has 1 atom stereocenters. The SMILES string of the molecule is COc1cc(C(C)=O)ccc1OCC(=O)O[C@@H](C)C(=O)NC1CCCCCC1. The quantitative estimate of drug-likeness (QED) is 0.416. The van der Waals surface area contributed by atoms with Gasteiger partial charge in [0.1, 0.15) is 0 Å². The molecule has 0 aliphatic heterocycles. The second kappa shape index (κ2) is 10.7. The van der Waals surface area contributed by atoms with Crippen LogP contribution in [0.5, 0.6) is 11.5 Å². The first-order chi connectivity index (χ1) is 13.4. The lowest BCUT2D eigenvalue weighted by molar-refractivity contribution is -0.156. The van der Waals surface area contributed by atoms with Crippen molar-refractivity contribution in [3.05, 3.63) is 23.8 Å². The summed E-state index contributed by atoms with van der Waals surface area (Å²) >= 11 is 0. The van der Waals surface area contributed by atoms with Crippen LogP contribution in [0.3, 0.4) is 0 Å². The molecule has 1 aromatic rings. The predicted octanol–water partition coefficient (Wildman–Crippen LogP) is 3.05. The zero-order chi connectivity index (χ0) is 20.5. The van der Waals surface area contributed by atoms with Gasteiger partial charge in [0.05, 0.1) is 7.11 Å². The van der Waals surface area contributed by atoms with Gasteiger partial charge in [0, 0.05) is 11.6 Å². The fourth-order valence-electron chi connectivity index (χ4n) is 3.17. The van der Waals surface area contributed by atoms with Crippen molar-refractivity contribution in [2.75, 3.05) is 13.7 Å². The number of Topliss-reactive ketones (excluding diaryl/α,β-unsaturated/α-hetero) is 1. The second-order valence-electron chi connectivity index (χ2n) is 7.04. The maximum absolute atomic E-state index is 12.3. The Balaban J connectivity index is 1.82. The molecule has 7 nitrogen and oxygen atoms in total. The molecule has 0 aromatic heterocycles. The molecule has 28 heavy (non-hydrogen) atoms. The van der Waals surface area contributed by atoms with E-state index in [-0.39, 0.29) is 24.3 Å². The third kappa shape index (κ3) is 6.55. The summed E-state index contributed by atoms with van der Waals surface area (Å²) in [6.07, 6.45) is 5.66. The van der Waals surface area contributed by atoms with Crippen molar-refractivity contribution in [1.29, 1.82) is 0 Å². The third-order valence-corrected chi connectivity index (χ3v) is 4.79. The lowest BCUT2D eigenvalue weighted by Gasteiger charge is -2.19. The van der Waals surface area contributed by atoms with E-state index in [1.807, 2.05) is 0 Å². The van der Waals surface area contributed by atoms with E-state index in [9.17, 15) is 14.4 Å². The Labute approximate surface area is 165 Å². The molecule has 1 aromatic carbocycles. The smallest absolute Gasteiger partial charge is 0.344 e. The minimum Gasteiger partial charge on any atom is -0.493 e. The number of methoxy groups -OCH3 is 1. The van der Waals surface area contributed by atoms with E-state index in [0.717, 1.165) is 25.7 Å². The van der Waals surface area contributed by atoms with E-state index in [0.29, 0.717) is 17.1 Å². The summed E-state index contributed by atoms with van der Waals surface area (Å²) in [5.74, 6) is -0.373. The highest BCUT2D eigenvalue weighted by molar-refractivity contribution is 5.94. The van der Waals surface area contributed by atoms with Crippen LogP contribution in [0.1, 0.15) is 62.7 Å². The highest BCUT2D eigenvalue weighted by Crippen LogP contribution is 2.28. The summed E-state index contributed by atoms with van der Waals surface area (Å²) in [5, 5.41) is 2.96. The highest BCUT2D eigenvalue weighted by Gasteiger charge is 2.22. The summed E-state index contributed by atoms with van der Waals surface area (Å²) in [6.45, 7) is 2.64. The van der Waals surface area contributed by atoms with E-state index in [1.165, 1.54) is 26.9 Å². The van der Waals surface area contributed by atoms with Crippen LogP contribution in [-0.4, -0.2) is 43.5 Å². The molecule has 0 heterocycles. The predicted molar refractivity (Wildman–Crippen MR) is 104 cm³/mol. The minimum atomic E-state index is -0.888. The van der Waals surface area contributed by atoms with Crippen LogP contribution in [0, 0.1) is 0 Å². The van der Waals surface area contributed by atoms with E-state index in [1.54, 1.807) is 25.1 Å². The average molecular weight is 391 g/mol. The summed E-state index contributed by atoms with van der Waals surface area (Å²) in [7, 11) is 1.45. The maximum Gasteiger partial charge on any atom is 0.344 e. The van der Waals surface area contributed by atoms with Crippen LogP contribution in [-0.2, 0) is 14.3 Å². The Morgan fingerprint density at radius 1 is 1.11 bits per heavy atom. The Bertz CT molecular complexity index is 694. The molecular formula is C21H29NO6. The summed E-state index contributed by atoms with van der Waals surface area (Å²) in [4.78, 5) is 35.7. The number of amides is 1. The summed E-state index contributed by atoms with van der Waals surface area (Å²) in [6, 6.07) is 4.85. The molecule has 1 saturated carbocycles. The first kappa shape index (κ1) is 21.7. The molecular weight excluding hydrogens is 362 g/mol. The molecule has 7 heteroatoms. The molecule has 0 radical (unpaired) electrons. The normalized spacial score (nSPS) is 15.8. The van der Waals surface area contributed by atoms with E-state index >= 15 is 0 Å². The second-order valence-corrected chi connectivity index (χ2v) is 7.04. The Morgan fingerprint density at radius 3 is 2.39 bits per heavy atom. The van der Waals surface area contributed by atoms with Crippen molar-refractivity contribution in [1.82, 2.24) is 5.32 Å². The van der Waals surface area contributed by atoms with Gasteiger partial charge in [-0.25, -0.2) is 4.79 Å². The minimum absolute atomic E-state index is 0.0993. The number of carbonyl (C=O) groups is 3. The van der Waals surface area contributed by atoms with Gasteiger partial charge in [-0.05, 0) is 44.9 Å². The molecule has 1 fully saturated rings. The average Bonchev–Trinajstić information content (AvgIpc) is 2.94. The van der Waals surface area contributed by atoms with Crippen molar-refractivity contribution in [3.8, 4) is 11.5 Å². The monoisotopic (exact) mass is 391 g/mol. The largest absolute Gasteiger partial charge is 0.493 e. The van der Waals surface area contributed by atoms with Gasteiger partial charge in [0.25, 0.3) is 5.91 Å².